The molecule has 2 aromatic heterocycles. The first-order valence-electron chi connectivity index (χ1n) is 8.79. The molecular weight excluding hydrogens is 392 g/mol. The number of allylic oxidation sites excluding steroid dienone is 1. The van der Waals surface area contributed by atoms with E-state index in [-0.39, 0.29) is 29.2 Å². The Labute approximate surface area is 171 Å². The van der Waals surface area contributed by atoms with Crippen LogP contribution in [0.1, 0.15) is 11.1 Å². The largest absolute Gasteiger partial charge is 0.494 e. The number of aliphatic imine (C=N–C) groups is 1. The Kier molecular flexibility index (Phi) is 6.08. The van der Waals surface area contributed by atoms with Crippen molar-refractivity contribution < 1.29 is 14.6 Å². The van der Waals surface area contributed by atoms with Crippen molar-refractivity contribution in [3.05, 3.63) is 69.4 Å². The summed E-state index contributed by atoms with van der Waals surface area (Å²) in [5.74, 6) is -0.903. The number of nitrogens with one attached hydrogen (secondary N) is 2. The van der Waals surface area contributed by atoms with E-state index in [2.05, 4.69) is 21.5 Å². The van der Waals surface area contributed by atoms with Crippen LogP contribution in [-0.4, -0.2) is 45.0 Å². The number of rotatable bonds is 7. The molecule has 0 aliphatic rings. The van der Waals surface area contributed by atoms with Crippen LogP contribution >= 0.6 is 12.2 Å². The molecule has 0 aliphatic heterocycles. The second-order valence-corrected chi connectivity index (χ2v) is 6.66. The third kappa shape index (κ3) is 4.19. The smallest absolute Gasteiger partial charge is 0.330 e. The lowest BCUT2D eigenvalue weighted by molar-refractivity contribution is -0.142. The predicted octanol–water partition coefficient (Wildman–Crippen LogP) is 2.48. The standard InChI is InChI=1S/C20H20N4O4S/c1-3-8-24-18(26)14(17(25)23-20(24)29)11-22-16(19(27)28-2)9-12-10-21-15-7-5-4-6-13(12)15/h3-7,10-11,16,21,26H,1,8-9H2,2H3,(H,23,25,29). The minimum atomic E-state index is -0.894. The molecule has 0 fully saturated rings. The molecule has 0 aliphatic carbocycles. The number of aromatic nitrogens is 3. The average Bonchev–Trinajstić information content (AvgIpc) is 3.12. The van der Waals surface area contributed by atoms with Crippen LogP contribution in [0.25, 0.3) is 10.9 Å². The molecule has 0 amide bonds. The highest BCUT2D eigenvalue weighted by Gasteiger charge is 2.21. The van der Waals surface area contributed by atoms with Gasteiger partial charge in [-0.15, -0.1) is 6.58 Å². The summed E-state index contributed by atoms with van der Waals surface area (Å²) in [6.07, 6.45) is 4.77. The number of aromatic amines is 2. The van der Waals surface area contributed by atoms with Gasteiger partial charge in [0.2, 0.25) is 5.88 Å². The topological polar surface area (TPSA) is 112 Å². The van der Waals surface area contributed by atoms with E-state index >= 15 is 0 Å². The zero-order chi connectivity index (χ0) is 21.0. The van der Waals surface area contributed by atoms with Crippen molar-refractivity contribution in [3.8, 4) is 5.88 Å². The fourth-order valence-corrected chi connectivity index (χ4v) is 3.25. The number of aromatic hydroxyl groups is 1. The number of carbonyl (C=O) groups is 1. The van der Waals surface area contributed by atoms with Gasteiger partial charge in [-0.25, -0.2) is 4.79 Å². The van der Waals surface area contributed by atoms with Gasteiger partial charge in [0.25, 0.3) is 5.56 Å². The van der Waals surface area contributed by atoms with Gasteiger partial charge < -0.3 is 14.8 Å². The molecule has 8 nitrogen and oxygen atoms in total. The quantitative estimate of drug-likeness (QED) is 0.239. The number of carbonyl (C=O) groups excluding carboxylic acids is 1. The number of nitrogens with zero attached hydrogens (tertiary/aromatic N) is 2. The third-order valence-corrected chi connectivity index (χ3v) is 4.79. The summed E-state index contributed by atoms with van der Waals surface area (Å²) in [6, 6.07) is 6.80. The van der Waals surface area contributed by atoms with E-state index < -0.39 is 17.6 Å². The number of esters is 1. The van der Waals surface area contributed by atoms with Gasteiger partial charge in [0.15, 0.2) is 10.8 Å². The molecule has 0 saturated carbocycles. The maximum absolute atomic E-state index is 12.3. The number of fused-ring (bicyclic) bond motifs is 1. The fourth-order valence-electron chi connectivity index (χ4n) is 3.00. The Morgan fingerprint density at radius 3 is 2.93 bits per heavy atom. The molecule has 0 bridgehead atoms. The van der Waals surface area contributed by atoms with Gasteiger partial charge in [-0.2, -0.15) is 0 Å². The summed E-state index contributed by atoms with van der Waals surface area (Å²) in [4.78, 5) is 34.3. The van der Waals surface area contributed by atoms with E-state index in [4.69, 9.17) is 17.0 Å². The minimum absolute atomic E-state index is 0.0628. The molecule has 3 rings (SSSR count). The van der Waals surface area contributed by atoms with Crippen LogP contribution in [0.3, 0.4) is 0 Å². The van der Waals surface area contributed by atoms with Crippen LogP contribution in [-0.2, 0) is 22.5 Å². The van der Waals surface area contributed by atoms with E-state index in [9.17, 15) is 14.7 Å². The highest BCUT2D eigenvalue weighted by molar-refractivity contribution is 7.71. The minimum Gasteiger partial charge on any atom is -0.494 e. The van der Waals surface area contributed by atoms with Crippen LogP contribution < -0.4 is 5.56 Å². The van der Waals surface area contributed by atoms with Crippen LogP contribution in [0.2, 0.25) is 0 Å². The number of ether oxygens (including phenoxy) is 1. The molecule has 1 unspecified atom stereocenters. The summed E-state index contributed by atoms with van der Waals surface area (Å²) in [7, 11) is 1.27. The van der Waals surface area contributed by atoms with Crippen LogP contribution in [0, 0.1) is 4.77 Å². The molecule has 9 heteroatoms. The Morgan fingerprint density at radius 2 is 2.21 bits per heavy atom. The maximum Gasteiger partial charge on any atom is 0.330 e. The van der Waals surface area contributed by atoms with Crippen molar-refractivity contribution in [3.63, 3.8) is 0 Å². The Balaban J connectivity index is 1.97. The number of methoxy groups -OCH3 is 1. The van der Waals surface area contributed by atoms with Crippen molar-refractivity contribution in [1.82, 2.24) is 14.5 Å². The van der Waals surface area contributed by atoms with Gasteiger partial charge in [-0.1, -0.05) is 24.3 Å². The monoisotopic (exact) mass is 412 g/mol. The van der Waals surface area contributed by atoms with Crippen LogP contribution in [0.5, 0.6) is 5.88 Å². The van der Waals surface area contributed by atoms with Gasteiger partial charge in [0.05, 0.1) is 7.11 Å². The first-order chi connectivity index (χ1) is 14.0. The molecule has 150 valence electrons. The molecular formula is C20H20N4O4S. The zero-order valence-electron chi connectivity index (χ0n) is 15.7. The molecule has 0 spiro atoms. The number of hydrogen-bond acceptors (Lipinski definition) is 6. The van der Waals surface area contributed by atoms with Crippen LogP contribution in [0.4, 0.5) is 0 Å². The average molecular weight is 412 g/mol. The summed E-state index contributed by atoms with van der Waals surface area (Å²) >= 11 is 5.05. The summed E-state index contributed by atoms with van der Waals surface area (Å²) in [6.45, 7) is 3.80. The number of H-pyrrole nitrogens is 2. The van der Waals surface area contributed by atoms with Crippen molar-refractivity contribution in [1.29, 1.82) is 0 Å². The first kappa shape index (κ1) is 20.3. The van der Waals surface area contributed by atoms with Gasteiger partial charge >= 0.3 is 5.97 Å². The lowest BCUT2D eigenvalue weighted by atomic mass is 10.1. The third-order valence-electron chi connectivity index (χ3n) is 4.46. The molecule has 0 saturated heterocycles. The van der Waals surface area contributed by atoms with E-state index in [0.29, 0.717) is 0 Å². The molecule has 1 aromatic carbocycles. The molecule has 0 radical (unpaired) electrons. The highest BCUT2D eigenvalue weighted by atomic mass is 32.1. The van der Waals surface area contributed by atoms with Crippen LogP contribution in [0.15, 0.2) is 52.9 Å². The maximum atomic E-state index is 12.3. The van der Waals surface area contributed by atoms with Gasteiger partial charge in [-0.3, -0.25) is 19.3 Å². The summed E-state index contributed by atoms with van der Waals surface area (Å²) in [5, 5.41) is 11.4. The number of benzene rings is 1. The van der Waals surface area contributed by atoms with Crippen molar-refractivity contribution >= 4 is 35.3 Å². The zero-order valence-corrected chi connectivity index (χ0v) is 16.5. The summed E-state index contributed by atoms with van der Waals surface area (Å²) < 4.78 is 6.22. The number of hydrogen-bond donors (Lipinski definition) is 3. The van der Waals surface area contributed by atoms with Gasteiger partial charge in [0.1, 0.15) is 5.56 Å². The van der Waals surface area contributed by atoms with Crippen molar-refractivity contribution in [2.75, 3.05) is 7.11 Å². The molecule has 29 heavy (non-hydrogen) atoms. The molecule has 1 atom stereocenters. The van der Waals surface area contributed by atoms with Gasteiger partial charge in [-0.05, 0) is 23.8 Å². The van der Waals surface area contributed by atoms with E-state index in [1.165, 1.54) is 24.0 Å². The first-order valence-corrected chi connectivity index (χ1v) is 9.20. The van der Waals surface area contributed by atoms with Crippen molar-refractivity contribution in [2.45, 2.75) is 19.0 Å². The SMILES string of the molecule is C=CCn1c(O)c(C=NC(Cc2c[nH]c3ccccc23)C(=O)OC)c(=O)[nH]c1=S. The molecule has 3 N–H and O–H groups in total. The normalized spacial score (nSPS) is 12.3. The van der Waals surface area contributed by atoms with E-state index in [1.54, 1.807) is 0 Å². The second-order valence-electron chi connectivity index (χ2n) is 6.28. The van der Waals surface area contributed by atoms with Crippen molar-refractivity contribution in [2.24, 2.45) is 4.99 Å². The Bertz CT molecular complexity index is 1210. The molecule has 3 aromatic rings. The highest BCUT2D eigenvalue weighted by Crippen LogP contribution is 2.20. The second kappa shape index (κ2) is 8.70. The lowest BCUT2D eigenvalue weighted by Crippen LogP contribution is -2.24. The Hall–Kier alpha value is -3.46. The fraction of sp³-hybridized carbons (Fsp3) is 0.200. The van der Waals surface area contributed by atoms with Gasteiger partial charge in [0, 0.05) is 36.3 Å². The predicted molar refractivity (Wildman–Crippen MR) is 113 cm³/mol. The van der Waals surface area contributed by atoms with E-state index in [0.717, 1.165) is 16.5 Å². The lowest BCUT2D eigenvalue weighted by Gasteiger charge is -2.11. The Morgan fingerprint density at radius 1 is 1.45 bits per heavy atom. The van der Waals surface area contributed by atoms with E-state index in [1.807, 2.05) is 30.5 Å². The summed E-state index contributed by atoms with van der Waals surface area (Å²) in [5.41, 5.74) is 1.12. The molecule has 2 heterocycles. The number of para-hydroxylation sites is 1.